The Morgan fingerprint density at radius 1 is 1.53 bits per heavy atom. The summed E-state index contributed by atoms with van der Waals surface area (Å²) in [7, 11) is 0. The van der Waals surface area contributed by atoms with Gasteiger partial charge < -0.3 is 10.2 Å². The summed E-state index contributed by atoms with van der Waals surface area (Å²) in [5.74, 6) is 0.934. The number of rotatable bonds is 4. The van der Waals surface area contributed by atoms with Crippen LogP contribution in [-0.4, -0.2) is 21.9 Å². The van der Waals surface area contributed by atoms with Gasteiger partial charge in [-0.25, -0.2) is 0 Å². The minimum atomic E-state index is -1.05. The molecule has 2 unspecified atom stereocenters. The molecule has 0 heterocycles. The van der Waals surface area contributed by atoms with Gasteiger partial charge in [-0.2, -0.15) is 0 Å². The normalized spacial score (nSPS) is 34.5. The molecule has 17 heavy (non-hydrogen) atoms. The van der Waals surface area contributed by atoms with Crippen LogP contribution in [-0.2, 0) is 0 Å². The Balaban J connectivity index is 2.49. The summed E-state index contributed by atoms with van der Waals surface area (Å²) in [5, 5.41) is 19.7. The van der Waals surface area contributed by atoms with Crippen molar-refractivity contribution in [2.45, 2.75) is 58.7 Å². The van der Waals surface area contributed by atoms with Crippen molar-refractivity contribution < 1.29 is 10.2 Å². The summed E-state index contributed by atoms with van der Waals surface area (Å²) in [6, 6.07) is 0. The molecule has 0 bridgehead atoms. The highest BCUT2D eigenvalue weighted by molar-refractivity contribution is 5.11. The van der Waals surface area contributed by atoms with Crippen molar-refractivity contribution in [1.29, 1.82) is 0 Å². The van der Waals surface area contributed by atoms with Gasteiger partial charge >= 0.3 is 0 Å². The van der Waals surface area contributed by atoms with E-state index >= 15 is 0 Å². The van der Waals surface area contributed by atoms with E-state index < -0.39 is 11.7 Å². The average molecular weight is 238 g/mol. The van der Waals surface area contributed by atoms with Crippen LogP contribution in [0.25, 0.3) is 0 Å². The Hall–Kier alpha value is -0.600. The first-order valence-corrected chi connectivity index (χ1v) is 6.56. The Bertz CT molecular complexity index is 298. The van der Waals surface area contributed by atoms with E-state index in [9.17, 15) is 10.2 Å². The van der Waals surface area contributed by atoms with Crippen molar-refractivity contribution >= 4 is 0 Å². The van der Waals surface area contributed by atoms with Crippen molar-refractivity contribution in [1.82, 2.24) is 0 Å². The fourth-order valence-corrected chi connectivity index (χ4v) is 2.28. The smallest absolute Gasteiger partial charge is 0.106 e. The maximum atomic E-state index is 9.86. The van der Waals surface area contributed by atoms with Crippen LogP contribution >= 0.6 is 0 Å². The number of hydrogen-bond donors (Lipinski definition) is 2. The van der Waals surface area contributed by atoms with Crippen LogP contribution in [0.1, 0.15) is 47.0 Å². The zero-order chi connectivity index (χ0) is 13.1. The van der Waals surface area contributed by atoms with E-state index in [4.69, 9.17) is 0 Å². The van der Waals surface area contributed by atoms with Crippen molar-refractivity contribution in [2.24, 2.45) is 11.8 Å². The molecular formula is C15H26O2. The maximum Gasteiger partial charge on any atom is 0.106 e. The first kappa shape index (κ1) is 14.5. The van der Waals surface area contributed by atoms with Gasteiger partial charge in [0, 0.05) is 0 Å². The van der Waals surface area contributed by atoms with Crippen molar-refractivity contribution in [3.05, 3.63) is 23.8 Å². The van der Waals surface area contributed by atoms with Crippen molar-refractivity contribution in [3.63, 3.8) is 0 Å². The van der Waals surface area contributed by atoms with E-state index in [1.807, 2.05) is 0 Å². The summed E-state index contributed by atoms with van der Waals surface area (Å²) >= 11 is 0. The summed E-state index contributed by atoms with van der Waals surface area (Å²) in [4.78, 5) is 0. The zero-order valence-electron chi connectivity index (χ0n) is 11.5. The van der Waals surface area contributed by atoms with Gasteiger partial charge in [-0.05, 0) is 51.9 Å². The van der Waals surface area contributed by atoms with Crippen molar-refractivity contribution in [2.75, 3.05) is 0 Å². The molecule has 2 heteroatoms. The minimum Gasteiger partial charge on any atom is -0.390 e. The molecule has 4 atom stereocenters. The molecule has 98 valence electrons. The molecule has 0 spiro atoms. The summed E-state index contributed by atoms with van der Waals surface area (Å²) in [6.07, 6.45) is 8.34. The van der Waals surface area contributed by atoms with Gasteiger partial charge in [0.25, 0.3) is 0 Å². The molecular weight excluding hydrogens is 212 g/mol. The zero-order valence-corrected chi connectivity index (χ0v) is 11.5. The molecule has 1 aliphatic carbocycles. The van der Waals surface area contributed by atoms with Gasteiger partial charge in [-0.1, -0.05) is 30.7 Å². The second-order valence-electron chi connectivity index (χ2n) is 5.84. The predicted molar refractivity (Wildman–Crippen MR) is 71.7 cm³/mol. The van der Waals surface area contributed by atoms with Gasteiger partial charge in [-0.15, -0.1) is 0 Å². The van der Waals surface area contributed by atoms with E-state index in [1.54, 1.807) is 13.0 Å². The van der Waals surface area contributed by atoms with Gasteiger partial charge in [0.05, 0.1) is 6.10 Å². The largest absolute Gasteiger partial charge is 0.390 e. The van der Waals surface area contributed by atoms with Gasteiger partial charge in [0.15, 0.2) is 0 Å². The Morgan fingerprint density at radius 3 is 2.71 bits per heavy atom. The second-order valence-corrected chi connectivity index (χ2v) is 5.84. The molecule has 0 aromatic rings. The third-order valence-corrected chi connectivity index (χ3v) is 3.76. The number of aliphatic hydroxyl groups is 2. The number of allylic oxidation sites excluding steroid dienone is 3. The molecule has 0 aromatic heterocycles. The standard InChI is InChI=1S/C15H26O2/c1-11(2)6-5-7-12(3)13-8-9-15(4,17)14(16)10-13/h6,8-9,12-14,16-17H,5,7,10H2,1-4H3/t12?,13-,14?,15+/m1/s1. The number of aliphatic hydroxyl groups excluding tert-OH is 1. The molecule has 0 aromatic carbocycles. The van der Waals surface area contributed by atoms with Gasteiger partial charge in [0.1, 0.15) is 5.60 Å². The lowest BCUT2D eigenvalue weighted by atomic mass is 9.77. The van der Waals surface area contributed by atoms with E-state index in [2.05, 4.69) is 32.9 Å². The van der Waals surface area contributed by atoms with Crippen LogP contribution < -0.4 is 0 Å². The van der Waals surface area contributed by atoms with Crippen LogP contribution in [0.15, 0.2) is 23.8 Å². The Morgan fingerprint density at radius 2 is 2.18 bits per heavy atom. The van der Waals surface area contributed by atoms with E-state index in [0.29, 0.717) is 18.3 Å². The molecule has 0 saturated heterocycles. The third kappa shape index (κ3) is 4.29. The molecule has 0 amide bonds. The predicted octanol–water partition coefficient (Wildman–Crippen LogP) is 3.06. The molecule has 1 aliphatic rings. The van der Waals surface area contributed by atoms with Crippen LogP contribution in [0.3, 0.4) is 0 Å². The van der Waals surface area contributed by atoms with Crippen LogP contribution in [0.2, 0.25) is 0 Å². The summed E-state index contributed by atoms with van der Waals surface area (Å²) < 4.78 is 0. The first-order chi connectivity index (χ1) is 7.83. The number of hydrogen-bond acceptors (Lipinski definition) is 2. The monoisotopic (exact) mass is 238 g/mol. The molecule has 2 nitrogen and oxygen atoms in total. The highest BCUT2D eigenvalue weighted by Gasteiger charge is 2.34. The highest BCUT2D eigenvalue weighted by atomic mass is 16.3. The Labute approximate surface area is 105 Å². The maximum absolute atomic E-state index is 9.86. The van der Waals surface area contributed by atoms with Crippen LogP contribution in [0.5, 0.6) is 0 Å². The highest BCUT2D eigenvalue weighted by Crippen LogP contribution is 2.32. The second kappa shape index (κ2) is 5.83. The fourth-order valence-electron chi connectivity index (χ4n) is 2.28. The summed E-state index contributed by atoms with van der Waals surface area (Å²) in [5.41, 5.74) is 0.315. The lowest BCUT2D eigenvalue weighted by Gasteiger charge is -2.35. The average Bonchev–Trinajstić information content (AvgIpc) is 2.21. The topological polar surface area (TPSA) is 40.5 Å². The molecule has 2 N–H and O–H groups in total. The van der Waals surface area contributed by atoms with Gasteiger partial charge in [0.2, 0.25) is 0 Å². The quantitative estimate of drug-likeness (QED) is 0.739. The van der Waals surface area contributed by atoms with Gasteiger partial charge in [-0.3, -0.25) is 0 Å². The van der Waals surface area contributed by atoms with Crippen LogP contribution in [0.4, 0.5) is 0 Å². The van der Waals surface area contributed by atoms with E-state index in [1.165, 1.54) is 5.57 Å². The lowest BCUT2D eigenvalue weighted by molar-refractivity contribution is -0.0455. The third-order valence-electron chi connectivity index (χ3n) is 3.76. The first-order valence-electron chi connectivity index (χ1n) is 6.56. The fraction of sp³-hybridized carbons (Fsp3) is 0.733. The molecule has 0 aliphatic heterocycles. The van der Waals surface area contributed by atoms with E-state index in [0.717, 1.165) is 12.8 Å². The SMILES string of the molecule is CC(C)=CCCC(C)[C@@H]1C=C[C@](C)(O)C(O)C1. The molecule has 0 saturated carbocycles. The van der Waals surface area contributed by atoms with E-state index in [-0.39, 0.29) is 0 Å². The molecule has 1 rings (SSSR count). The minimum absolute atomic E-state index is 0.385. The van der Waals surface area contributed by atoms with Crippen molar-refractivity contribution in [3.8, 4) is 0 Å². The lowest BCUT2D eigenvalue weighted by Crippen LogP contribution is -2.42. The Kier molecular flexibility index (Phi) is 4.96. The summed E-state index contributed by atoms with van der Waals surface area (Å²) in [6.45, 7) is 8.12. The molecule has 0 radical (unpaired) electrons. The van der Waals surface area contributed by atoms with Crippen LogP contribution in [0, 0.1) is 11.8 Å². The molecule has 0 fully saturated rings.